The molecular formula is C15H30N2O. The van der Waals surface area contributed by atoms with Crippen LogP contribution >= 0.6 is 0 Å². The van der Waals surface area contributed by atoms with Crippen molar-refractivity contribution in [2.45, 2.75) is 70.6 Å². The quantitative estimate of drug-likeness (QED) is 0.805. The Balaban J connectivity index is 1.78. The van der Waals surface area contributed by atoms with Gasteiger partial charge in [-0.25, -0.2) is 0 Å². The monoisotopic (exact) mass is 254 g/mol. The number of nitrogens with zero attached hydrogens (tertiary/aromatic N) is 1. The van der Waals surface area contributed by atoms with E-state index in [0.717, 1.165) is 18.9 Å². The van der Waals surface area contributed by atoms with E-state index in [-0.39, 0.29) is 6.10 Å². The van der Waals surface area contributed by atoms with Crippen molar-refractivity contribution in [2.75, 3.05) is 19.6 Å². The van der Waals surface area contributed by atoms with Gasteiger partial charge in [0.2, 0.25) is 0 Å². The smallest absolute Gasteiger partial charge is 0.0695 e. The average Bonchev–Trinajstić information content (AvgIpc) is 2.40. The number of hydrogen-bond acceptors (Lipinski definition) is 3. The number of likely N-dealkylation sites (tertiary alicyclic amines) is 1. The zero-order valence-corrected chi connectivity index (χ0v) is 12.1. The van der Waals surface area contributed by atoms with Gasteiger partial charge in [0.15, 0.2) is 0 Å². The largest absolute Gasteiger partial charge is 0.391 e. The van der Waals surface area contributed by atoms with E-state index >= 15 is 0 Å². The minimum Gasteiger partial charge on any atom is -0.391 e. The fourth-order valence-electron chi connectivity index (χ4n) is 3.76. The fourth-order valence-corrected chi connectivity index (χ4v) is 3.76. The summed E-state index contributed by atoms with van der Waals surface area (Å²) >= 11 is 0. The van der Waals surface area contributed by atoms with Crippen LogP contribution in [0.3, 0.4) is 0 Å². The number of aliphatic hydroxyl groups is 1. The molecule has 18 heavy (non-hydrogen) atoms. The summed E-state index contributed by atoms with van der Waals surface area (Å²) in [6.45, 7) is 7.94. The van der Waals surface area contributed by atoms with Crippen LogP contribution in [0.25, 0.3) is 0 Å². The molecule has 1 heterocycles. The highest BCUT2D eigenvalue weighted by molar-refractivity contribution is 4.87. The molecule has 0 aromatic heterocycles. The predicted octanol–water partition coefficient (Wildman–Crippen LogP) is 2.00. The van der Waals surface area contributed by atoms with E-state index in [1.54, 1.807) is 0 Å². The summed E-state index contributed by atoms with van der Waals surface area (Å²) in [5, 5.41) is 13.7. The minimum absolute atomic E-state index is 0.0681. The Kier molecular flexibility index (Phi) is 5.46. The second kappa shape index (κ2) is 6.88. The topological polar surface area (TPSA) is 35.5 Å². The molecule has 1 aliphatic heterocycles. The predicted molar refractivity (Wildman–Crippen MR) is 75.7 cm³/mol. The van der Waals surface area contributed by atoms with Crippen LogP contribution in [0, 0.1) is 5.92 Å². The zero-order valence-electron chi connectivity index (χ0n) is 12.1. The van der Waals surface area contributed by atoms with Crippen LogP contribution in [0.15, 0.2) is 0 Å². The molecule has 0 radical (unpaired) electrons. The lowest BCUT2D eigenvalue weighted by atomic mass is 9.86. The lowest BCUT2D eigenvalue weighted by molar-refractivity contribution is 0.00165. The third kappa shape index (κ3) is 3.46. The maximum atomic E-state index is 10.1. The molecule has 0 amide bonds. The van der Waals surface area contributed by atoms with E-state index in [4.69, 9.17) is 0 Å². The van der Waals surface area contributed by atoms with Crippen LogP contribution in [0.5, 0.6) is 0 Å². The third-order valence-electron chi connectivity index (χ3n) is 4.97. The van der Waals surface area contributed by atoms with Gasteiger partial charge < -0.3 is 10.4 Å². The minimum atomic E-state index is -0.0681. The van der Waals surface area contributed by atoms with Crippen molar-refractivity contribution in [1.82, 2.24) is 10.2 Å². The second-order valence-electron chi connectivity index (χ2n) is 6.14. The first kappa shape index (κ1) is 14.3. The van der Waals surface area contributed by atoms with Gasteiger partial charge >= 0.3 is 0 Å². The molecule has 3 heteroatoms. The summed E-state index contributed by atoms with van der Waals surface area (Å²) < 4.78 is 0. The van der Waals surface area contributed by atoms with Gasteiger partial charge in [0.05, 0.1) is 6.10 Å². The fraction of sp³-hybridized carbons (Fsp3) is 1.00. The van der Waals surface area contributed by atoms with Crippen molar-refractivity contribution in [1.29, 1.82) is 0 Å². The molecule has 1 aliphatic carbocycles. The van der Waals surface area contributed by atoms with Crippen LogP contribution in [0.1, 0.15) is 52.4 Å². The number of rotatable bonds is 4. The number of hydrogen-bond donors (Lipinski definition) is 2. The molecule has 3 atom stereocenters. The number of piperidine rings is 1. The van der Waals surface area contributed by atoms with Gasteiger partial charge in [-0.15, -0.1) is 0 Å². The molecule has 0 spiro atoms. The van der Waals surface area contributed by atoms with Gasteiger partial charge in [-0.3, -0.25) is 4.90 Å². The van der Waals surface area contributed by atoms with Crippen molar-refractivity contribution >= 4 is 0 Å². The first-order valence-corrected chi connectivity index (χ1v) is 7.88. The average molecular weight is 254 g/mol. The van der Waals surface area contributed by atoms with Crippen LogP contribution in [-0.4, -0.2) is 47.8 Å². The van der Waals surface area contributed by atoms with Crippen molar-refractivity contribution in [3.05, 3.63) is 0 Å². The van der Waals surface area contributed by atoms with E-state index in [2.05, 4.69) is 24.1 Å². The SMILES string of the molecule is CCNC(C)C1CCN(C2CCCCC2O)CC1. The summed E-state index contributed by atoms with van der Waals surface area (Å²) in [5.41, 5.74) is 0. The van der Waals surface area contributed by atoms with Gasteiger partial charge in [-0.1, -0.05) is 19.8 Å². The molecular weight excluding hydrogens is 224 g/mol. The van der Waals surface area contributed by atoms with Crippen LogP contribution in [-0.2, 0) is 0 Å². The standard InChI is InChI=1S/C15H30N2O/c1-3-16-12(2)13-8-10-17(11-9-13)14-6-4-5-7-15(14)18/h12-16,18H,3-11H2,1-2H3. The van der Waals surface area contributed by atoms with Crippen molar-refractivity contribution < 1.29 is 5.11 Å². The summed E-state index contributed by atoms with van der Waals surface area (Å²) in [6.07, 6.45) is 7.24. The molecule has 3 nitrogen and oxygen atoms in total. The normalized spacial score (nSPS) is 33.5. The lowest BCUT2D eigenvalue weighted by Crippen LogP contribution is -2.50. The van der Waals surface area contributed by atoms with Gasteiger partial charge in [0, 0.05) is 12.1 Å². The maximum absolute atomic E-state index is 10.1. The van der Waals surface area contributed by atoms with E-state index in [1.165, 1.54) is 45.2 Å². The summed E-state index contributed by atoms with van der Waals surface area (Å²) in [5.74, 6) is 0.821. The van der Waals surface area contributed by atoms with Gasteiger partial charge in [0.25, 0.3) is 0 Å². The Bertz CT molecular complexity index is 239. The highest BCUT2D eigenvalue weighted by atomic mass is 16.3. The first-order valence-electron chi connectivity index (χ1n) is 7.88. The van der Waals surface area contributed by atoms with E-state index in [0.29, 0.717) is 12.1 Å². The Morgan fingerprint density at radius 3 is 2.44 bits per heavy atom. The second-order valence-corrected chi connectivity index (χ2v) is 6.14. The van der Waals surface area contributed by atoms with Crippen LogP contribution in [0.4, 0.5) is 0 Å². The number of aliphatic hydroxyl groups excluding tert-OH is 1. The van der Waals surface area contributed by atoms with Crippen LogP contribution < -0.4 is 5.32 Å². The molecule has 1 saturated carbocycles. The van der Waals surface area contributed by atoms with E-state index < -0.39 is 0 Å². The molecule has 0 bridgehead atoms. The summed E-state index contributed by atoms with van der Waals surface area (Å²) in [4.78, 5) is 2.55. The Labute approximate surface area is 112 Å². The summed E-state index contributed by atoms with van der Waals surface area (Å²) in [7, 11) is 0. The van der Waals surface area contributed by atoms with Gasteiger partial charge in [0.1, 0.15) is 0 Å². The Morgan fingerprint density at radius 2 is 1.83 bits per heavy atom. The van der Waals surface area contributed by atoms with Crippen molar-refractivity contribution in [3.63, 3.8) is 0 Å². The maximum Gasteiger partial charge on any atom is 0.0695 e. The molecule has 2 rings (SSSR count). The van der Waals surface area contributed by atoms with Crippen molar-refractivity contribution in [3.8, 4) is 0 Å². The molecule has 3 unspecified atom stereocenters. The van der Waals surface area contributed by atoms with E-state index in [1.807, 2.05) is 0 Å². The van der Waals surface area contributed by atoms with Crippen LogP contribution in [0.2, 0.25) is 0 Å². The molecule has 2 fully saturated rings. The third-order valence-corrected chi connectivity index (χ3v) is 4.97. The first-order chi connectivity index (χ1) is 8.72. The van der Waals surface area contributed by atoms with Gasteiger partial charge in [-0.2, -0.15) is 0 Å². The molecule has 0 aromatic carbocycles. The Hall–Kier alpha value is -0.120. The van der Waals surface area contributed by atoms with Crippen molar-refractivity contribution in [2.24, 2.45) is 5.92 Å². The molecule has 106 valence electrons. The molecule has 1 saturated heterocycles. The molecule has 2 N–H and O–H groups in total. The molecule has 0 aromatic rings. The van der Waals surface area contributed by atoms with Gasteiger partial charge in [-0.05, 0) is 58.2 Å². The summed E-state index contributed by atoms with van der Waals surface area (Å²) in [6, 6.07) is 1.10. The molecule has 2 aliphatic rings. The zero-order chi connectivity index (χ0) is 13.0. The lowest BCUT2D eigenvalue weighted by Gasteiger charge is -2.42. The highest BCUT2D eigenvalue weighted by Gasteiger charge is 2.32. The number of nitrogens with one attached hydrogen (secondary N) is 1. The Morgan fingerprint density at radius 1 is 1.17 bits per heavy atom. The highest BCUT2D eigenvalue weighted by Crippen LogP contribution is 2.28. The van der Waals surface area contributed by atoms with E-state index in [9.17, 15) is 5.11 Å².